The van der Waals surface area contributed by atoms with Crippen molar-refractivity contribution in [2.45, 2.75) is 38.7 Å². The van der Waals surface area contributed by atoms with Crippen molar-refractivity contribution in [3.05, 3.63) is 34.6 Å². The largest absolute Gasteiger partial charge is 0.357 e. The van der Waals surface area contributed by atoms with E-state index in [0.717, 1.165) is 24.9 Å². The lowest BCUT2D eigenvalue weighted by molar-refractivity contribution is 0.0744. The van der Waals surface area contributed by atoms with Crippen LogP contribution in [0.1, 0.15) is 25.3 Å². The van der Waals surface area contributed by atoms with E-state index in [1.54, 1.807) is 11.0 Å². The van der Waals surface area contributed by atoms with Crippen molar-refractivity contribution in [2.75, 3.05) is 32.7 Å². The fraction of sp³-hybridized carbons (Fsp3) is 0.611. The Morgan fingerprint density at radius 3 is 2.63 bits per heavy atom. The van der Waals surface area contributed by atoms with Gasteiger partial charge in [-0.1, -0.05) is 17.7 Å². The SMILES string of the molecule is CCNC(=NCCc1ccc(F)cc1Cl)NC1CCN(CC(F)F)CC1.I. The number of hydrogen-bond acceptors (Lipinski definition) is 2. The summed E-state index contributed by atoms with van der Waals surface area (Å²) in [6.45, 7) is 4.40. The van der Waals surface area contributed by atoms with Gasteiger partial charge in [-0.25, -0.2) is 13.2 Å². The van der Waals surface area contributed by atoms with E-state index < -0.39 is 6.43 Å². The molecule has 0 atom stereocenters. The molecule has 0 saturated carbocycles. The number of alkyl halides is 2. The maximum absolute atomic E-state index is 13.1. The van der Waals surface area contributed by atoms with Crippen LogP contribution in [-0.2, 0) is 6.42 Å². The number of nitrogens with zero attached hydrogens (tertiary/aromatic N) is 2. The Morgan fingerprint density at radius 2 is 2.04 bits per heavy atom. The molecule has 1 heterocycles. The van der Waals surface area contributed by atoms with Crippen molar-refractivity contribution in [1.29, 1.82) is 0 Å². The predicted molar refractivity (Wildman–Crippen MR) is 115 cm³/mol. The fourth-order valence-electron chi connectivity index (χ4n) is 2.98. The number of piperidine rings is 1. The van der Waals surface area contributed by atoms with E-state index >= 15 is 0 Å². The van der Waals surface area contributed by atoms with E-state index in [0.29, 0.717) is 37.0 Å². The van der Waals surface area contributed by atoms with Crippen LogP contribution in [0.3, 0.4) is 0 Å². The number of nitrogens with one attached hydrogen (secondary N) is 2. The molecular formula is C18H27ClF3IN4. The van der Waals surface area contributed by atoms with E-state index in [-0.39, 0.29) is 42.4 Å². The number of guanidine groups is 1. The molecule has 0 radical (unpaired) electrons. The molecule has 154 valence electrons. The van der Waals surface area contributed by atoms with E-state index in [4.69, 9.17) is 11.6 Å². The summed E-state index contributed by atoms with van der Waals surface area (Å²) in [7, 11) is 0. The molecule has 27 heavy (non-hydrogen) atoms. The van der Waals surface area contributed by atoms with Crippen molar-refractivity contribution >= 4 is 41.5 Å². The first-order valence-electron chi connectivity index (χ1n) is 8.97. The second-order valence-electron chi connectivity index (χ2n) is 6.36. The van der Waals surface area contributed by atoms with Gasteiger partial charge in [0.05, 0.1) is 6.54 Å². The molecular weight excluding hydrogens is 492 g/mol. The lowest BCUT2D eigenvalue weighted by atomic mass is 10.1. The third-order valence-corrected chi connectivity index (χ3v) is 4.69. The number of halogens is 5. The molecule has 2 rings (SSSR count). The molecule has 1 aliphatic rings. The molecule has 1 saturated heterocycles. The smallest absolute Gasteiger partial charge is 0.251 e. The zero-order chi connectivity index (χ0) is 18.9. The van der Waals surface area contributed by atoms with Crippen LogP contribution in [0, 0.1) is 5.82 Å². The van der Waals surface area contributed by atoms with Crippen molar-refractivity contribution < 1.29 is 13.2 Å². The van der Waals surface area contributed by atoms with Gasteiger partial charge >= 0.3 is 0 Å². The minimum absolute atomic E-state index is 0. The molecule has 9 heteroatoms. The Balaban J connectivity index is 0.00000364. The summed E-state index contributed by atoms with van der Waals surface area (Å²) in [5.74, 6) is 0.355. The fourth-order valence-corrected chi connectivity index (χ4v) is 3.24. The van der Waals surface area contributed by atoms with Gasteiger partial charge in [0.2, 0.25) is 0 Å². The topological polar surface area (TPSA) is 39.7 Å². The van der Waals surface area contributed by atoms with Crippen LogP contribution in [-0.4, -0.2) is 56.1 Å². The quantitative estimate of drug-likeness (QED) is 0.327. The molecule has 0 amide bonds. The first-order chi connectivity index (χ1) is 12.5. The van der Waals surface area contributed by atoms with Crippen molar-refractivity contribution in [1.82, 2.24) is 15.5 Å². The van der Waals surface area contributed by atoms with Crippen LogP contribution in [0.15, 0.2) is 23.2 Å². The van der Waals surface area contributed by atoms with Gasteiger partial charge in [-0.05, 0) is 43.9 Å². The average Bonchev–Trinajstić information content (AvgIpc) is 2.58. The second-order valence-corrected chi connectivity index (χ2v) is 6.76. The molecule has 1 fully saturated rings. The summed E-state index contributed by atoms with van der Waals surface area (Å²) in [6, 6.07) is 4.58. The van der Waals surface area contributed by atoms with Crippen LogP contribution in [0.25, 0.3) is 0 Å². The van der Waals surface area contributed by atoms with Crippen LogP contribution >= 0.6 is 35.6 Å². The van der Waals surface area contributed by atoms with Gasteiger partial charge in [-0.15, -0.1) is 24.0 Å². The highest BCUT2D eigenvalue weighted by molar-refractivity contribution is 14.0. The Morgan fingerprint density at radius 1 is 1.33 bits per heavy atom. The second kappa shape index (κ2) is 12.7. The molecule has 0 aromatic heterocycles. The van der Waals surface area contributed by atoms with E-state index in [9.17, 15) is 13.2 Å². The van der Waals surface area contributed by atoms with Crippen LogP contribution < -0.4 is 10.6 Å². The number of hydrogen-bond donors (Lipinski definition) is 2. The van der Waals surface area contributed by atoms with Gasteiger partial charge in [-0.2, -0.15) is 0 Å². The first-order valence-corrected chi connectivity index (χ1v) is 9.35. The highest BCUT2D eigenvalue weighted by Gasteiger charge is 2.21. The summed E-state index contributed by atoms with van der Waals surface area (Å²) >= 11 is 6.03. The Kier molecular flexibility index (Phi) is 11.4. The van der Waals surface area contributed by atoms with Crippen molar-refractivity contribution in [3.8, 4) is 0 Å². The minimum atomic E-state index is -2.28. The maximum atomic E-state index is 13.1. The number of aliphatic imine (C=N–C) groups is 1. The summed E-state index contributed by atoms with van der Waals surface area (Å²) in [5, 5.41) is 6.98. The molecule has 0 aliphatic carbocycles. The van der Waals surface area contributed by atoms with E-state index in [1.165, 1.54) is 12.1 Å². The van der Waals surface area contributed by atoms with Gasteiger partial charge in [-0.3, -0.25) is 9.89 Å². The van der Waals surface area contributed by atoms with E-state index in [2.05, 4.69) is 15.6 Å². The van der Waals surface area contributed by atoms with Crippen LogP contribution in [0.2, 0.25) is 5.02 Å². The number of benzene rings is 1. The molecule has 1 aromatic rings. The van der Waals surface area contributed by atoms with Crippen molar-refractivity contribution in [3.63, 3.8) is 0 Å². The van der Waals surface area contributed by atoms with Gasteiger partial charge in [0.25, 0.3) is 6.43 Å². The maximum Gasteiger partial charge on any atom is 0.251 e. The van der Waals surface area contributed by atoms with Crippen molar-refractivity contribution in [2.24, 2.45) is 4.99 Å². The average molecular weight is 519 g/mol. The zero-order valence-corrected chi connectivity index (χ0v) is 18.4. The normalized spacial score (nSPS) is 16.3. The Hall–Kier alpha value is -0.740. The number of rotatable bonds is 7. The third kappa shape index (κ3) is 8.87. The summed E-state index contributed by atoms with van der Waals surface area (Å²) in [4.78, 5) is 6.34. The van der Waals surface area contributed by atoms with Crippen LogP contribution in [0.4, 0.5) is 13.2 Å². The molecule has 1 aliphatic heterocycles. The third-order valence-electron chi connectivity index (χ3n) is 4.34. The molecule has 1 aromatic carbocycles. The highest BCUT2D eigenvalue weighted by Crippen LogP contribution is 2.17. The molecule has 0 spiro atoms. The molecule has 0 unspecified atom stereocenters. The van der Waals surface area contributed by atoms with Gasteiger partial charge in [0.15, 0.2) is 5.96 Å². The molecule has 2 N–H and O–H groups in total. The number of likely N-dealkylation sites (tertiary alicyclic amines) is 1. The van der Waals surface area contributed by atoms with Crippen LogP contribution in [0.5, 0.6) is 0 Å². The summed E-state index contributed by atoms with van der Waals surface area (Å²) in [6.07, 6.45) is -0.0543. The molecule has 4 nitrogen and oxygen atoms in total. The lowest BCUT2D eigenvalue weighted by Gasteiger charge is -2.32. The van der Waals surface area contributed by atoms with Gasteiger partial charge < -0.3 is 10.6 Å². The molecule has 0 bridgehead atoms. The minimum Gasteiger partial charge on any atom is -0.357 e. The first kappa shape index (κ1) is 24.3. The summed E-state index contributed by atoms with van der Waals surface area (Å²) in [5.41, 5.74) is 0.855. The summed E-state index contributed by atoms with van der Waals surface area (Å²) < 4.78 is 38.0. The van der Waals surface area contributed by atoms with Gasteiger partial charge in [0, 0.05) is 37.2 Å². The van der Waals surface area contributed by atoms with E-state index in [1.807, 2.05) is 6.92 Å². The highest BCUT2D eigenvalue weighted by atomic mass is 127. The Bertz CT molecular complexity index is 596. The zero-order valence-electron chi connectivity index (χ0n) is 15.4. The Labute approximate surface area is 181 Å². The lowest BCUT2D eigenvalue weighted by Crippen LogP contribution is -2.49. The van der Waals surface area contributed by atoms with Gasteiger partial charge in [0.1, 0.15) is 5.82 Å². The monoisotopic (exact) mass is 518 g/mol. The predicted octanol–water partition coefficient (Wildman–Crippen LogP) is 3.92. The standard InChI is InChI=1S/C18H26ClF3N4.HI/c1-2-23-18(24-8-5-13-3-4-14(20)11-16(13)19)25-15-6-9-26(10-7-15)12-17(21)22;/h3-4,11,15,17H,2,5-10,12H2,1H3,(H2,23,24,25);1H.